The number of anilines is 1. The second-order valence-electron chi connectivity index (χ2n) is 8.09. The maximum Gasteiger partial charge on any atom is 0.166 e. The van der Waals surface area contributed by atoms with Crippen molar-refractivity contribution in [2.24, 2.45) is 0 Å². The topological polar surface area (TPSA) is 59.3 Å². The van der Waals surface area contributed by atoms with Crippen molar-refractivity contribution < 1.29 is 9.13 Å². The number of aryl methyl sites for hydroxylation is 1. The third kappa shape index (κ3) is 3.88. The van der Waals surface area contributed by atoms with Crippen molar-refractivity contribution in [3.05, 3.63) is 35.1 Å². The first-order valence-electron chi connectivity index (χ1n) is 10.8. The maximum atomic E-state index is 12.7. The average Bonchev–Trinajstić information content (AvgIpc) is 3.42. The van der Waals surface area contributed by atoms with Gasteiger partial charge in [0.25, 0.3) is 0 Å². The lowest BCUT2D eigenvalue weighted by atomic mass is 10.2. The van der Waals surface area contributed by atoms with E-state index in [2.05, 4.69) is 14.4 Å². The standard InChI is InChI=1S/C22H26ClFN6O/c1-15-25-21(29-11-9-28(8-7-24)10-12-29)19-22(26-15)30(16-6-13-31-14-16)20(27-19)17-4-2-3-5-18(17)23/h2-5,16H,6-14H2,1H3/t16-/m0/s1. The molecule has 0 aliphatic carbocycles. The Morgan fingerprint density at radius 3 is 2.65 bits per heavy atom. The van der Waals surface area contributed by atoms with Crippen LogP contribution < -0.4 is 4.90 Å². The van der Waals surface area contributed by atoms with Crippen molar-refractivity contribution in [2.45, 2.75) is 19.4 Å². The predicted octanol–water partition coefficient (Wildman–Crippen LogP) is 3.51. The molecule has 2 aliphatic heterocycles. The molecule has 0 saturated carbocycles. The molecular formula is C22H26ClFN6O. The van der Waals surface area contributed by atoms with Gasteiger partial charge in [-0.2, -0.15) is 0 Å². The minimum absolute atomic E-state index is 0.153. The number of hydrogen-bond donors (Lipinski definition) is 0. The minimum Gasteiger partial charge on any atom is -0.379 e. The van der Waals surface area contributed by atoms with Gasteiger partial charge in [-0.3, -0.25) is 4.90 Å². The van der Waals surface area contributed by atoms with Crippen LogP contribution in [0.3, 0.4) is 0 Å². The quantitative estimate of drug-likeness (QED) is 0.600. The van der Waals surface area contributed by atoms with Crippen LogP contribution in [-0.2, 0) is 4.74 Å². The Labute approximate surface area is 185 Å². The number of ether oxygens (including phenoxy) is 1. The molecule has 0 spiro atoms. The van der Waals surface area contributed by atoms with Crippen molar-refractivity contribution in [1.29, 1.82) is 0 Å². The first-order chi connectivity index (χ1) is 15.2. The molecule has 4 heterocycles. The van der Waals surface area contributed by atoms with Crippen molar-refractivity contribution in [3.63, 3.8) is 0 Å². The van der Waals surface area contributed by atoms with Gasteiger partial charge in [0.05, 0.1) is 17.7 Å². The molecule has 3 aromatic rings. The number of halogens is 2. The second kappa shape index (κ2) is 8.68. The van der Waals surface area contributed by atoms with E-state index in [-0.39, 0.29) is 12.7 Å². The maximum absolute atomic E-state index is 12.7. The highest BCUT2D eigenvalue weighted by molar-refractivity contribution is 6.33. The Bertz CT molecular complexity index is 1080. The number of imidazole rings is 1. The molecule has 7 nitrogen and oxygen atoms in total. The molecule has 31 heavy (non-hydrogen) atoms. The highest BCUT2D eigenvalue weighted by Crippen LogP contribution is 2.36. The smallest absolute Gasteiger partial charge is 0.166 e. The number of nitrogens with zero attached hydrogens (tertiary/aromatic N) is 6. The number of alkyl halides is 1. The van der Waals surface area contributed by atoms with Gasteiger partial charge in [0.15, 0.2) is 17.0 Å². The van der Waals surface area contributed by atoms with Crippen LogP contribution in [0.15, 0.2) is 24.3 Å². The highest BCUT2D eigenvalue weighted by atomic mass is 35.5. The fourth-order valence-electron chi connectivity index (χ4n) is 4.49. The van der Waals surface area contributed by atoms with Crippen molar-refractivity contribution >= 4 is 28.6 Å². The zero-order chi connectivity index (χ0) is 21.4. The van der Waals surface area contributed by atoms with Gasteiger partial charge in [-0.15, -0.1) is 0 Å². The van der Waals surface area contributed by atoms with Crippen LogP contribution in [0.5, 0.6) is 0 Å². The molecule has 2 aromatic heterocycles. The summed E-state index contributed by atoms with van der Waals surface area (Å²) in [6.45, 7) is 6.62. The summed E-state index contributed by atoms with van der Waals surface area (Å²) in [5.41, 5.74) is 2.48. The van der Waals surface area contributed by atoms with Crippen molar-refractivity contribution in [2.75, 3.05) is 57.5 Å². The van der Waals surface area contributed by atoms with Gasteiger partial charge in [-0.1, -0.05) is 23.7 Å². The molecule has 0 amide bonds. The predicted molar refractivity (Wildman–Crippen MR) is 120 cm³/mol. The largest absolute Gasteiger partial charge is 0.379 e. The van der Waals surface area contributed by atoms with Gasteiger partial charge in [-0.05, 0) is 25.5 Å². The fraction of sp³-hybridized carbons (Fsp3) is 0.500. The molecule has 1 atom stereocenters. The van der Waals surface area contributed by atoms with E-state index in [9.17, 15) is 4.39 Å². The molecule has 2 aliphatic rings. The highest BCUT2D eigenvalue weighted by Gasteiger charge is 2.29. The monoisotopic (exact) mass is 444 g/mol. The Morgan fingerprint density at radius 1 is 1.13 bits per heavy atom. The van der Waals surface area contributed by atoms with Gasteiger partial charge in [0.1, 0.15) is 18.3 Å². The number of benzene rings is 1. The van der Waals surface area contributed by atoms with Gasteiger partial charge in [-0.25, -0.2) is 19.3 Å². The van der Waals surface area contributed by atoms with E-state index in [4.69, 9.17) is 31.3 Å². The van der Waals surface area contributed by atoms with Crippen LogP contribution in [0, 0.1) is 6.92 Å². The minimum atomic E-state index is -0.314. The van der Waals surface area contributed by atoms with Gasteiger partial charge in [0.2, 0.25) is 0 Å². The average molecular weight is 445 g/mol. The van der Waals surface area contributed by atoms with Gasteiger partial charge >= 0.3 is 0 Å². The van der Waals surface area contributed by atoms with Crippen molar-refractivity contribution in [1.82, 2.24) is 24.4 Å². The van der Waals surface area contributed by atoms with Crippen LogP contribution in [0.25, 0.3) is 22.6 Å². The summed E-state index contributed by atoms with van der Waals surface area (Å²) < 4.78 is 20.6. The summed E-state index contributed by atoms with van der Waals surface area (Å²) in [6, 6.07) is 7.92. The van der Waals surface area contributed by atoms with Crippen molar-refractivity contribution in [3.8, 4) is 11.4 Å². The van der Waals surface area contributed by atoms with E-state index >= 15 is 0 Å². The zero-order valence-corrected chi connectivity index (χ0v) is 18.4. The lowest BCUT2D eigenvalue weighted by molar-refractivity contribution is 0.187. The summed E-state index contributed by atoms with van der Waals surface area (Å²) in [5.74, 6) is 2.35. The van der Waals surface area contributed by atoms with Crippen LogP contribution in [0.2, 0.25) is 5.02 Å². The van der Waals surface area contributed by atoms with E-state index in [1.54, 1.807) is 0 Å². The Kier molecular flexibility index (Phi) is 5.77. The lowest BCUT2D eigenvalue weighted by Crippen LogP contribution is -2.47. The third-order valence-electron chi connectivity index (χ3n) is 6.09. The summed E-state index contributed by atoms with van der Waals surface area (Å²) in [6.07, 6.45) is 0.906. The van der Waals surface area contributed by atoms with Crippen LogP contribution in [-0.4, -0.2) is 77.0 Å². The molecule has 0 unspecified atom stereocenters. The number of aromatic nitrogens is 4. The molecular weight excluding hydrogens is 419 g/mol. The zero-order valence-electron chi connectivity index (χ0n) is 17.6. The lowest BCUT2D eigenvalue weighted by Gasteiger charge is -2.35. The number of piperazine rings is 1. The molecule has 0 bridgehead atoms. The Balaban J connectivity index is 1.64. The van der Waals surface area contributed by atoms with Gasteiger partial charge < -0.3 is 14.2 Å². The Morgan fingerprint density at radius 2 is 1.94 bits per heavy atom. The summed E-state index contributed by atoms with van der Waals surface area (Å²) in [4.78, 5) is 19.0. The van der Waals surface area contributed by atoms with Crippen LogP contribution >= 0.6 is 11.6 Å². The summed E-state index contributed by atoms with van der Waals surface area (Å²) in [5, 5.41) is 0.657. The Hall–Kier alpha value is -2.29. The molecule has 164 valence electrons. The first-order valence-corrected chi connectivity index (χ1v) is 11.2. The number of rotatable bonds is 5. The van der Waals surface area contributed by atoms with E-state index in [0.29, 0.717) is 24.0 Å². The third-order valence-corrected chi connectivity index (χ3v) is 6.42. The van der Waals surface area contributed by atoms with E-state index in [1.807, 2.05) is 31.2 Å². The van der Waals surface area contributed by atoms with E-state index in [1.165, 1.54) is 0 Å². The fourth-order valence-corrected chi connectivity index (χ4v) is 4.71. The van der Waals surface area contributed by atoms with Crippen LogP contribution in [0.4, 0.5) is 10.2 Å². The summed E-state index contributed by atoms with van der Waals surface area (Å²) >= 11 is 6.56. The molecule has 0 radical (unpaired) electrons. The van der Waals surface area contributed by atoms with Gasteiger partial charge in [0, 0.05) is 44.9 Å². The second-order valence-corrected chi connectivity index (χ2v) is 8.49. The molecule has 1 aromatic carbocycles. The SMILES string of the molecule is Cc1nc(N2CCN(CCF)CC2)c2nc(-c3ccccc3Cl)n([C@H]3CCOC3)c2n1. The molecule has 2 saturated heterocycles. The molecule has 9 heteroatoms. The van der Waals surface area contributed by atoms with E-state index in [0.717, 1.165) is 67.6 Å². The number of fused-ring (bicyclic) bond motifs is 1. The van der Waals surface area contributed by atoms with Crippen LogP contribution in [0.1, 0.15) is 18.3 Å². The summed E-state index contributed by atoms with van der Waals surface area (Å²) in [7, 11) is 0. The normalized spacial score (nSPS) is 20.1. The van der Waals surface area contributed by atoms with E-state index < -0.39 is 0 Å². The molecule has 0 N–H and O–H groups in total. The number of hydrogen-bond acceptors (Lipinski definition) is 6. The molecule has 5 rings (SSSR count). The first kappa shape index (κ1) is 20.6. The molecule has 2 fully saturated rings.